The zero-order valence-corrected chi connectivity index (χ0v) is 15.5. The first-order valence-electron chi connectivity index (χ1n) is 8.57. The van der Waals surface area contributed by atoms with Crippen molar-refractivity contribution in [2.45, 2.75) is 43.7 Å². The highest BCUT2D eigenvalue weighted by Gasteiger charge is 2.29. The van der Waals surface area contributed by atoms with E-state index in [-0.39, 0.29) is 30.2 Å². The van der Waals surface area contributed by atoms with Crippen molar-refractivity contribution in [3.8, 4) is 5.75 Å². The normalized spacial score (nSPS) is 24.9. The summed E-state index contributed by atoms with van der Waals surface area (Å²) in [6.07, 6.45) is 0.0369. The van der Waals surface area contributed by atoms with E-state index in [0.29, 0.717) is 12.8 Å². The van der Waals surface area contributed by atoms with Gasteiger partial charge in [0.2, 0.25) is 0 Å². The van der Waals surface area contributed by atoms with Crippen LogP contribution in [0.3, 0.4) is 0 Å². The molecule has 0 aromatic heterocycles. The maximum Gasteiger partial charge on any atom is 0.115 e. The van der Waals surface area contributed by atoms with Gasteiger partial charge in [0, 0.05) is 18.5 Å². The smallest absolute Gasteiger partial charge is 0.115 e. The third-order valence-corrected chi connectivity index (χ3v) is 5.59. The van der Waals surface area contributed by atoms with Crippen molar-refractivity contribution >= 4 is 9.24 Å². The molecule has 3 N–H and O–H groups in total. The van der Waals surface area contributed by atoms with Crippen molar-refractivity contribution in [3.05, 3.63) is 64.7 Å². The molecule has 1 saturated heterocycles. The zero-order chi connectivity index (χ0) is 18.0. The molecular weight excluding hydrogens is 335 g/mol. The van der Waals surface area contributed by atoms with Crippen LogP contribution in [0, 0.1) is 6.92 Å². The Morgan fingerprint density at radius 2 is 1.88 bits per heavy atom. The molecule has 4 nitrogen and oxygen atoms in total. The van der Waals surface area contributed by atoms with Gasteiger partial charge < -0.3 is 20.1 Å². The first-order valence-corrected chi connectivity index (χ1v) is 9.24. The third-order valence-electron chi connectivity index (χ3n) is 4.84. The lowest BCUT2D eigenvalue weighted by atomic mass is 9.92. The fraction of sp³-hybridized carbons (Fsp3) is 0.400. The van der Waals surface area contributed by atoms with Gasteiger partial charge in [0.05, 0.1) is 24.9 Å². The van der Waals surface area contributed by atoms with Crippen LogP contribution in [0.1, 0.15) is 46.9 Å². The third kappa shape index (κ3) is 4.21. The Kier molecular flexibility index (Phi) is 5.75. The van der Waals surface area contributed by atoms with Gasteiger partial charge >= 0.3 is 0 Å². The molecule has 25 heavy (non-hydrogen) atoms. The highest BCUT2D eigenvalue weighted by atomic mass is 31.0. The second-order valence-corrected chi connectivity index (χ2v) is 7.41. The molecule has 1 fully saturated rings. The summed E-state index contributed by atoms with van der Waals surface area (Å²) in [4.78, 5) is 0. The average molecular weight is 360 g/mol. The molecule has 0 bridgehead atoms. The molecule has 1 heterocycles. The number of aliphatic hydroxyl groups is 2. The van der Waals surface area contributed by atoms with Gasteiger partial charge in [0.15, 0.2) is 0 Å². The predicted octanol–water partition coefficient (Wildman–Crippen LogP) is 3.24. The van der Waals surface area contributed by atoms with Crippen molar-refractivity contribution in [2.24, 2.45) is 0 Å². The van der Waals surface area contributed by atoms with Gasteiger partial charge in [-0.25, -0.2) is 0 Å². The Hall–Kier alpha value is -1.45. The van der Waals surface area contributed by atoms with Crippen LogP contribution < -0.4 is 0 Å². The maximum absolute atomic E-state index is 10.1. The highest BCUT2D eigenvalue weighted by Crippen LogP contribution is 2.37. The second-order valence-electron chi connectivity index (χ2n) is 6.74. The van der Waals surface area contributed by atoms with E-state index in [1.807, 2.05) is 18.2 Å². The number of hydrogen-bond acceptors (Lipinski definition) is 4. The molecule has 0 amide bonds. The van der Waals surface area contributed by atoms with Crippen LogP contribution in [0.5, 0.6) is 5.75 Å². The molecule has 3 rings (SSSR count). The summed E-state index contributed by atoms with van der Waals surface area (Å²) in [6.45, 7) is 2.00. The van der Waals surface area contributed by atoms with Gasteiger partial charge in [-0.3, -0.25) is 0 Å². The lowest BCUT2D eigenvalue weighted by Gasteiger charge is -2.33. The molecule has 2 aromatic carbocycles. The fourth-order valence-electron chi connectivity index (χ4n) is 3.38. The Bertz CT molecular complexity index is 716. The fourth-order valence-corrected chi connectivity index (χ4v) is 3.96. The molecule has 5 heteroatoms. The summed E-state index contributed by atoms with van der Waals surface area (Å²) in [5, 5.41) is 28.9. The molecular formula is C20H25O4P. The van der Waals surface area contributed by atoms with Gasteiger partial charge in [-0.1, -0.05) is 30.3 Å². The summed E-state index contributed by atoms with van der Waals surface area (Å²) in [6, 6.07) is 13.4. The minimum Gasteiger partial charge on any atom is -0.508 e. The second kappa shape index (κ2) is 7.84. The lowest BCUT2D eigenvalue weighted by molar-refractivity contribution is -0.113. The van der Waals surface area contributed by atoms with Crippen molar-refractivity contribution in [1.82, 2.24) is 0 Å². The molecule has 1 aliphatic heterocycles. The predicted molar refractivity (Wildman–Crippen MR) is 101 cm³/mol. The highest BCUT2D eigenvalue weighted by molar-refractivity contribution is 7.17. The van der Waals surface area contributed by atoms with Gasteiger partial charge in [0.1, 0.15) is 5.75 Å². The number of hydrogen-bond donors (Lipinski definition) is 3. The zero-order valence-electron chi connectivity index (χ0n) is 14.3. The van der Waals surface area contributed by atoms with Crippen LogP contribution in [0.25, 0.3) is 0 Å². The molecule has 0 saturated carbocycles. The van der Waals surface area contributed by atoms with Gasteiger partial charge in [-0.05, 0) is 41.3 Å². The van der Waals surface area contributed by atoms with E-state index in [1.165, 1.54) is 5.56 Å². The summed E-state index contributed by atoms with van der Waals surface area (Å²) in [7, 11) is 2.86. The van der Waals surface area contributed by atoms with Crippen molar-refractivity contribution < 1.29 is 20.1 Å². The van der Waals surface area contributed by atoms with E-state index in [1.54, 1.807) is 12.1 Å². The minimum atomic E-state index is -0.454. The van der Waals surface area contributed by atoms with Crippen LogP contribution in [-0.2, 0) is 4.74 Å². The molecule has 0 spiro atoms. The monoisotopic (exact) mass is 360 g/mol. The number of aliphatic hydroxyl groups excluding tert-OH is 2. The minimum absolute atomic E-state index is 0.0773. The van der Waals surface area contributed by atoms with Crippen LogP contribution in [0.15, 0.2) is 42.5 Å². The lowest BCUT2D eigenvalue weighted by Crippen LogP contribution is -2.33. The van der Waals surface area contributed by atoms with Crippen LogP contribution in [-0.4, -0.2) is 34.1 Å². The van der Waals surface area contributed by atoms with Crippen LogP contribution >= 0.6 is 9.24 Å². The van der Waals surface area contributed by atoms with E-state index in [4.69, 9.17) is 4.74 Å². The Morgan fingerprint density at radius 1 is 1.16 bits per heavy atom. The van der Waals surface area contributed by atoms with E-state index >= 15 is 0 Å². The van der Waals surface area contributed by atoms with Crippen molar-refractivity contribution in [2.75, 3.05) is 6.61 Å². The van der Waals surface area contributed by atoms with Gasteiger partial charge in [0.25, 0.3) is 0 Å². The summed E-state index contributed by atoms with van der Waals surface area (Å²) in [5.74, 6) is 0.256. The summed E-state index contributed by atoms with van der Waals surface area (Å²) in [5.41, 5.74) is 4.55. The number of phenols is 1. The number of aromatic hydroxyl groups is 1. The molecule has 2 aromatic rings. The van der Waals surface area contributed by atoms with Crippen LogP contribution in [0.2, 0.25) is 0 Å². The molecule has 0 aliphatic carbocycles. The van der Waals surface area contributed by atoms with Gasteiger partial charge in [-0.2, -0.15) is 0 Å². The number of ether oxygens (including phenoxy) is 1. The van der Waals surface area contributed by atoms with E-state index in [9.17, 15) is 15.3 Å². The first kappa shape index (κ1) is 18.3. The first-order chi connectivity index (χ1) is 12.0. The number of benzene rings is 2. The van der Waals surface area contributed by atoms with Crippen molar-refractivity contribution in [1.29, 1.82) is 0 Å². The largest absolute Gasteiger partial charge is 0.508 e. The summed E-state index contributed by atoms with van der Waals surface area (Å²) < 4.78 is 5.94. The van der Waals surface area contributed by atoms with E-state index in [0.717, 1.165) is 16.7 Å². The van der Waals surface area contributed by atoms with E-state index in [2.05, 4.69) is 28.3 Å². The number of phenolic OH excluding ortho intramolecular Hbond substituents is 1. The van der Waals surface area contributed by atoms with Gasteiger partial charge in [-0.15, -0.1) is 9.24 Å². The van der Waals surface area contributed by atoms with E-state index < -0.39 is 6.10 Å². The Balaban J connectivity index is 1.88. The quantitative estimate of drug-likeness (QED) is 0.732. The standard InChI is InChI=1S/C20H25O4P/c1-12-2-3-14(19-10-16(23)9-17(11-21)24-19)8-18(12)20(25)13-4-6-15(22)7-5-13/h2-8,16-17,19-23H,9-11,25H2,1H3. The Labute approximate surface area is 150 Å². The topological polar surface area (TPSA) is 69.9 Å². The Morgan fingerprint density at radius 3 is 2.56 bits per heavy atom. The van der Waals surface area contributed by atoms with Crippen molar-refractivity contribution in [3.63, 3.8) is 0 Å². The molecule has 5 atom stereocenters. The maximum atomic E-state index is 10.1. The summed E-state index contributed by atoms with van der Waals surface area (Å²) >= 11 is 0. The number of rotatable bonds is 4. The molecule has 5 unspecified atom stereocenters. The SMILES string of the molecule is Cc1ccc(C2CC(O)CC(CO)O2)cc1C(P)c1ccc(O)cc1. The molecule has 1 aliphatic rings. The average Bonchev–Trinajstić information content (AvgIpc) is 2.61. The molecule has 0 radical (unpaired) electrons. The molecule has 134 valence electrons. The van der Waals surface area contributed by atoms with Crippen LogP contribution in [0.4, 0.5) is 0 Å². The number of aryl methyl sites for hydroxylation is 1.